The van der Waals surface area contributed by atoms with Crippen molar-refractivity contribution in [2.24, 2.45) is 0 Å². The molecule has 1 fully saturated rings. The maximum absolute atomic E-state index is 12.2. The molecular weight excluding hydrogens is 312 g/mol. The van der Waals surface area contributed by atoms with Gasteiger partial charge < -0.3 is 13.8 Å². The van der Waals surface area contributed by atoms with E-state index in [0.29, 0.717) is 30.6 Å². The van der Waals surface area contributed by atoms with Crippen molar-refractivity contribution >= 4 is 5.91 Å². The van der Waals surface area contributed by atoms with Crippen molar-refractivity contribution in [2.75, 3.05) is 13.1 Å². The summed E-state index contributed by atoms with van der Waals surface area (Å²) < 4.78 is 12.2. The van der Waals surface area contributed by atoms with E-state index in [1.807, 2.05) is 4.90 Å². The summed E-state index contributed by atoms with van der Waals surface area (Å²) in [5.41, 5.74) is 0. The van der Waals surface area contributed by atoms with Gasteiger partial charge in [0.2, 0.25) is 17.6 Å². The number of carbonyl (C=O) groups excluding carboxylic acids is 1. The van der Waals surface area contributed by atoms with Crippen LogP contribution in [0.15, 0.2) is 39.7 Å². The van der Waals surface area contributed by atoms with Crippen LogP contribution in [0.4, 0.5) is 0 Å². The summed E-state index contributed by atoms with van der Waals surface area (Å²) in [6.07, 6.45) is 6.40. The largest absolute Gasteiger partial charge is 0.461 e. The Kier molecular flexibility index (Phi) is 3.81. The van der Waals surface area contributed by atoms with Crippen LogP contribution in [0.25, 0.3) is 11.6 Å². The Morgan fingerprint density at radius 2 is 2.21 bits per heavy atom. The molecule has 9 nitrogen and oxygen atoms in total. The lowest BCUT2D eigenvalue weighted by Crippen LogP contribution is -2.39. The molecule has 0 unspecified atom stereocenters. The summed E-state index contributed by atoms with van der Waals surface area (Å²) in [7, 11) is 0. The van der Waals surface area contributed by atoms with Crippen LogP contribution in [-0.4, -0.2) is 49.0 Å². The van der Waals surface area contributed by atoms with E-state index in [0.717, 1.165) is 12.8 Å². The number of piperidine rings is 1. The van der Waals surface area contributed by atoms with Crippen molar-refractivity contribution in [1.82, 2.24) is 30.0 Å². The fraction of sp³-hybridized carbons (Fsp3) is 0.400. The molecule has 124 valence electrons. The number of furan rings is 1. The van der Waals surface area contributed by atoms with E-state index in [1.54, 1.807) is 30.8 Å². The molecule has 0 radical (unpaired) electrons. The first-order valence-corrected chi connectivity index (χ1v) is 7.79. The fourth-order valence-corrected chi connectivity index (χ4v) is 2.84. The molecule has 1 saturated heterocycles. The zero-order valence-electron chi connectivity index (χ0n) is 12.9. The monoisotopic (exact) mass is 328 g/mol. The number of nitrogens with zero attached hydrogens (tertiary/aromatic N) is 6. The second-order valence-electron chi connectivity index (χ2n) is 5.69. The van der Waals surface area contributed by atoms with Gasteiger partial charge in [0.25, 0.3) is 0 Å². The minimum absolute atomic E-state index is 0.0424. The SMILES string of the molecule is O=C(Cn1ccnn1)N1CCC(c2nc(-c3ccco3)no2)CC1. The molecule has 0 aliphatic carbocycles. The van der Waals surface area contributed by atoms with Crippen LogP contribution in [0.2, 0.25) is 0 Å². The summed E-state index contributed by atoms with van der Waals surface area (Å²) >= 11 is 0. The first kappa shape index (κ1) is 14.6. The summed E-state index contributed by atoms with van der Waals surface area (Å²) in [4.78, 5) is 18.5. The summed E-state index contributed by atoms with van der Waals surface area (Å²) in [5, 5.41) is 11.5. The minimum Gasteiger partial charge on any atom is -0.461 e. The molecular formula is C15H16N6O3. The lowest BCUT2D eigenvalue weighted by molar-refractivity contribution is -0.133. The first-order chi connectivity index (χ1) is 11.8. The molecule has 0 bridgehead atoms. The summed E-state index contributed by atoms with van der Waals surface area (Å²) in [5.74, 6) is 1.85. The molecule has 0 N–H and O–H groups in total. The van der Waals surface area contributed by atoms with E-state index in [9.17, 15) is 4.79 Å². The highest BCUT2D eigenvalue weighted by Crippen LogP contribution is 2.28. The molecule has 0 spiro atoms. The van der Waals surface area contributed by atoms with Gasteiger partial charge in [-0.05, 0) is 25.0 Å². The van der Waals surface area contributed by atoms with Gasteiger partial charge in [-0.2, -0.15) is 4.98 Å². The molecule has 4 rings (SSSR count). The number of rotatable bonds is 4. The summed E-state index contributed by atoms with van der Waals surface area (Å²) in [6, 6.07) is 3.57. The average Bonchev–Trinajstić information content (AvgIpc) is 3.36. The Morgan fingerprint density at radius 3 is 2.92 bits per heavy atom. The molecule has 9 heteroatoms. The molecule has 1 aliphatic heterocycles. The zero-order valence-corrected chi connectivity index (χ0v) is 12.9. The minimum atomic E-state index is 0.0424. The molecule has 0 saturated carbocycles. The third-order valence-corrected chi connectivity index (χ3v) is 4.15. The Balaban J connectivity index is 1.35. The molecule has 3 aromatic rings. The van der Waals surface area contributed by atoms with Crippen LogP contribution in [-0.2, 0) is 11.3 Å². The zero-order chi connectivity index (χ0) is 16.4. The average molecular weight is 328 g/mol. The van der Waals surface area contributed by atoms with Crippen molar-refractivity contribution in [3.8, 4) is 11.6 Å². The van der Waals surface area contributed by atoms with Crippen molar-refractivity contribution < 1.29 is 13.7 Å². The highest BCUT2D eigenvalue weighted by atomic mass is 16.5. The smallest absolute Gasteiger partial charge is 0.244 e. The summed E-state index contributed by atoms with van der Waals surface area (Å²) in [6.45, 7) is 1.54. The molecule has 24 heavy (non-hydrogen) atoms. The Morgan fingerprint density at radius 1 is 1.33 bits per heavy atom. The Hall–Kier alpha value is -2.97. The molecule has 4 heterocycles. The van der Waals surface area contributed by atoms with Crippen LogP contribution < -0.4 is 0 Å². The molecule has 1 aliphatic rings. The van der Waals surface area contributed by atoms with Crippen LogP contribution in [0.5, 0.6) is 0 Å². The predicted octanol–water partition coefficient (Wildman–Crippen LogP) is 1.33. The van der Waals surface area contributed by atoms with Gasteiger partial charge in [-0.25, -0.2) is 4.68 Å². The van der Waals surface area contributed by atoms with Crippen molar-refractivity contribution in [3.63, 3.8) is 0 Å². The standard InChI is InChI=1S/C15H16N6O3/c22-13(10-21-8-5-16-19-21)20-6-3-11(4-7-20)15-17-14(18-24-15)12-2-1-9-23-12/h1-2,5,8-9,11H,3-4,6-7,10H2. The van der Waals surface area contributed by atoms with Gasteiger partial charge in [0.1, 0.15) is 6.54 Å². The number of aromatic nitrogens is 5. The van der Waals surface area contributed by atoms with Crippen LogP contribution in [0.3, 0.4) is 0 Å². The normalized spacial score (nSPS) is 15.8. The fourth-order valence-electron chi connectivity index (χ4n) is 2.84. The van der Waals surface area contributed by atoms with E-state index in [1.165, 1.54) is 4.68 Å². The third kappa shape index (κ3) is 2.92. The lowest BCUT2D eigenvalue weighted by Gasteiger charge is -2.30. The molecule has 3 aromatic heterocycles. The van der Waals surface area contributed by atoms with E-state index in [-0.39, 0.29) is 18.4 Å². The lowest BCUT2D eigenvalue weighted by atomic mass is 9.97. The Bertz CT molecular complexity index is 787. The van der Waals surface area contributed by atoms with E-state index < -0.39 is 0 Å². The van der Waals surface area contributed by atoms with E-state index >= 15 is 0 Å². The van der Waals surface area contributed by atoms with Gasteiger partial charge in [0, 0.05) is 25.2 Å². The van der Waals surface area contributed by atoms with Crippen LogP contribution in [0.1, 0.15) is 24.7 Å². The predicted molar refractivity (Wildman–Crippen MR) is 80.6 cm³/mol. The topological polar surface area (TPSA) is 103 Å². The van der Waals surface area contributed by atoms with E-state index in [4.69, 9.17) is 8.94 Å². The third-order valence-electron chi connectivity index (χ3n) is 4.15. The highest BCUT2D eigenvalue weighted by Gasteiger charge is 2.28. The number of carbonyl (C=O) groups is 1. The number of amides is 1. The van der Waals surface area contributed by atoms with Gasteiger partial charge in [-0.3, -0.25) is 4.79 Å². The Labute approximate surface area is 137 Å². The van der Waals surface area contributed by atoms with Crippen molar-refractivity contribution in [1.29, 1.82) is 0 Å². The van der Waals surface area contributed by atoms with E-state index in [2.05, 4.69) is 20.5 Å². The molecule has 0 aromatic carbocycles. The van der Waals surface area contributed by atoms with Crippen LogP contribution in [0, 0.1) is 0 Å². The second-order valence-corrected chi connectivity index (χ2v) is 5.69. The first-order valence-electron chi connectivity index (χ1n) is 7.79. The maximum Gasteiger partial charge on any atom is 0.244 e. The molecule has 0 atom stereocenters. The second kappa shape index (κ2) is 6.26. The van der Waals surface area contributed by atoms with Crippen molar-refractivity contribution in [2.45, 2.75) is 25.3 Å². The van der Waals surface area contributed by atoms with Gasteiger partial charge in [-0.15, -0.1) is 5.10 Å². The molecule has 1 amide bonds. The highest BCUT2D eigenvalue weighted by molar-refractivity contribution is 5.76. The van der Waals surface area contributed by atoms with Gasteiger partial charge >= 0.3 is 0 Å². The quantitative estimate of drug-likeness (QED) is 0.711. The van der Waals surface area contributed by atoms with Gasteiger partial charge in [0.05, 0.1) is 12.5 Å². The maximum atomic E-state index is 12.2. The van der Waals surface area contributed by atoms with Crippen molar-refractivity contribution in [3.05, 3.63) is 36.7 Å². The van der Waals surface area contributed by atoms with Crippen LogP contribution >= 0.6 is 0 Å². The number of hydrogen-bond acceptors (Lipinski definition) is 7. The number of likely N-dealkylation sites (tertiary alicyclic amines) is 1. The number of hydrogen-bond donors (Lipinski definition) is 0. The van der Waals surface area contributed by atoms with Gasteiger partial charge in [0.15, 0.2) is 5.76 Å². The van der Waals surface area contributed by atoms with Gasteiger partial charge in [-0.1, -0.05) is 10.4 Å².